The molecule has 138 valence electrons. The maximum atomic E-state index is 13.2. The zero-order chi connectivity index (χ0) is 19.5. The normalized spacial score (nSPS) is 11.0. The molecule has 0 atom stereocenters. The van der Waals surface area contributed by atoms with Crippen molar-refractivity contribution in [1.82, 2.24) is 0 Å². The molecule has 0 fully saturated rings. The van der Waals surface area contributed by atoms with Crippen LogP contribution in [0.5, 0.6) is 5.75 Å². The van der Waals surface area contributed by atoms with Gasteiger partial charge in [-0.05, 0) is 44.2 Å². The van der Waals surface area contributed by atoms with Gasteiger partial charge in [-0.1, -0.05) is 11.6 Å². The molecular weight excluding hydrogens is 366 g/mol. The number of benzene rings is 2. The molecule has 0 bridgehead atoms. The van der Waals surface area contributed by atoms with Crippen LogP contribution in [0.2, 0.25) is 5.02 Å². The topological polar surface area (TPSA) is 67.4 Å². The van der Waals surface area contributed by atoms with E-state index in [1.54, 1.807) is 12.1 Å². The molecule has 2 aromatic carbocycles. The Bertz CT molecular complexity index is 856. The minimum atomic E-state index is -1.49. The summed E-state index contributed by atoms with van der Waals surface area (Å²) in [5.74, 6) is -2.96. The van der Waals surface area contributed by atoms with Crippen LogP contribution in [0.3, 0.4) is 0 Å². The molecule has 0 aliphatic rings. The fourth-order valence-corrected chi connectivity index (χ4v) is 2.25. The van der Waals surface area contributed by atoms with Crippen LogP contribution < -0.4 is 15.4 Å². The van der Waals surface area contributed by atoms with Crippen molar-refractivity contribution in [3.05, 3.63) is 53.1 Å². The second kappa shape index (κ2) is 7.70. The lowest BCUT2D eigenvalue weighted by Gasteiger charge is -2.23. The van der Waals surface area contributed by atoms with Crippen LogP contribution in [0.25, 0.3) is 0 Å². The van der Waals surface area contributed by atoms with Gasteiger partial charge < -0.3 is 15.4 Å². The third-order valence-electron chi connectivity index (χ3n) is 3.72. The third kappa shape index (κ3) is 4.29. The quantitative estimate of drug-likeness (QED) is 0.760. The number of nitrogens with one attached hydrogen (secondary N) is 2. The predicted molar refractivity (Wildman–Crippen MR) is 95.4 cm³/mol. The first-order chi connectivity index (χ1) is 12.1. The zero-order valence-corrected chi connectivity index (χ0v) is 15.1. The molecule has 2 rings (SSSR count). The summed E-state index contributed by atoms with van der Waals surface area (Å²) in [6, 6.07) is 7.56. The van der Waals surface area contributed by atoms with Crippen LogP contribution in [0.15, 0.2) is 36.4 Å². The van der Waals surface area contributed by atoms with Gasteiger partial charge in [0, 0.05) is 17.4 Å². The number of amides is 2. The van der Waals surface area contributed by atoms with Gasteiger partial charge in [0.1, 0.15) is 11.2 Å². The third-order valence-corrected chi connectivity index (χ3v) is 4.02. The summed E-state index contributed by atoms with van der Waals surface area (Å²) in [7, 11) is 1.46. The highest BCUT2D eigenvalue weighted by Gasteiger charge is 2.36. The summed E-state index contributed by atoms with van der Waals surface area (Å²) in [6.07, 6.45) is 0. The Morgan fingerprint density at radius 2 is 1.50 bits per heavy atom. The number of halogens is 3. The van der Waals surface area contributed by atoms with Crippen LogP contribution >= 0.6 is 11.6 Å². The molecule has 26 heavy (non-hydrogen) atoms. The Kier molecular flexibility index (Phi) is 5.82. The first-order valence-corrected chi connectivity index (χ1v) is 7.94. The average molecular weight is 383 g/mol. The fraction of sp³-hybridized carbons (Fsp3) is 0.222. The van der Waals surface area contributed by atoms with Crippen LogP contribution in [0.4, 0.5) is 20.2 Å². The molecule has 0 saturated heterocycles. The number of methoxy groups -OCH3 is 1. The van der Waals surface area contributed by atoms with Crippen molar-refractivity contribution in [1.29, 1.82) is 0 Å². The minimum absolute atomic E-state index is 0.0438. The van der Waals surface area contributed by atoms with Crippen molar-refractivity contribution in [2.75, 3.05) is 17.7 Å². The van der Waals surface area contributed by atoms with E-state index < -0.39 is 28.9 Å². The first-order valence-electron chi connectivity index (χ1n) is 7.56. The number of anilines is 2. The smallest absolute Gasteiger partial charge is 0.239 e. The highest BCUT2D eigenvalue weighted by molar-refractivity contribution is 6.32. The number of carbonyl (C=O) groups is 2. The van der Waals surface area contributed by atoms with E-state index in [9.17, 15) is 18.4 Å². The van der Waals surface area contributed by atoms with Gasteiger partial charge in [-0.2, -0.15) is 0 Å². The molecule has 0 saturated carbocycles. The van der Waals surface area contributed by atoms with E-state index in [1.807, 2.05) is 0 Å². The van der Waals surface area contributed by atoms with Gasteiger partial charge >= 0.3 is 0 Å². The van der Waals surface area contributed by atoms with Crippen LogP contribution in [-0.4, -0.2) is 18.9 Å². The fourth-order valence-electron chi connectivity index (χ4n) is 2.00. The van der Waals surface area contributed by atoms with Crippen molar-refractivity contribution in [2.45, 2.75) is 13.8 Å². The maximum Gasteiger partial charge on any atom is 0.239 e. The van der Waals surface area contributed by atoms with Crippen molar-refractivity contribution in [2.24, 2.45) is 5.41 Å². The lowest BCUT2D eigenvalue weighted by molar-refractivity contribution is -0.135. The summed E-state index contributed by atoms with van der Waals surface area (Å²) in [5, 5.41) is 5.28. The Balaban J connectivity index is 2.11. The lowest BCUT2D eigenvalue weighted by Crippen LogP contribution is -2.41. The van der Waals surface area contributed by atoms with Crippen molar-refractivity contribution >= 4 is 34.8 Å². The standard InChI is InChI=1S/C18H17ClF2N2O3/c1-18(2,17(25)23-11-4-6-13(20)14(21)9-11)16(24)22-10-5-7-15(26-3)12(19)8-10/h4-9H,1-3H3,(H,22,24)(H,23,25). The summed E-state index contributed by atoms with van der Waals surface area (Å²) in [6.45, 7) is 2.81. The van der Waals surface area contributed by atoms with E-state index in [4.69, 9.17) is 16.3 Å². The number of hydrogen-bond acceptors (Lipinski definition) is 3. The van der Waals surface area contributed by atoms with Gasteiger partial charge in [0.15, 0.2) is 11.6 Å². The molecule has 2 N–H and O–H groups in total. The Hall–Kier alpha value is -2.67. The monoisotopic (exact) mass is 382 g/mol. The molecule has 0 radical (unpaired) electrons. The molecule has 5 nitrogen and oxygen atoms in total. The second-order valence-corrected chi connectivity index (χ2v) is 6.42. The summed E-state index contributed by atoms with van der Waals surface area (Å²) in [5.41, 5.74) is -1.06. The predicted octanol–water partition coefficient (Wildman–Crippen LogP) is 4.23. The second-order valence-electron chi connectivity index (χ2n) is 6.01. The van der Waals surface area contributed by atoms with Crippen LogP contribution in [-0.2, 0) is 9.59 Å². The minimum Gasteiger partial charge on any atom is -0.495 e. The Morgan fingerprint density at radius 3 is 2.00 bits per heavy atom. The molecule has 2 amide bonds. The molecule has 0 aromatic heterocycles. The maximum absolute atomic E-state index is 13.2. The SMILES string of the molecule is COc1ccc(NC(=O)C(C)(C)C(=O)Nc2ccc(F)c(F)c2)cc1Cl. The lowest BCUT2D eigenvalue weighted by atomic mass is 9.90. The molecule has 2 aromatic rings. The van der Waals surface area contributed by atoms with Crippen molar-refractivity contribution < 1.29 is 23.1 Å². The molecular formula is C18H17ClF2N2O3. The van der Waals surface area contributed by atoms with E-state index in [0.29, 0.717) is 16.5 Å². The zero-order valence-electron chi connectivity index (χ0n) is 14.3. The Morgan fingerprint density at radius 1 is 0.962 bits per heavy atom. The molecule has 0 aliphatic heterocycles. The van der Waals surface area contributed by atoms with E-state index >= 15 is 0 Å². The van der Waals surface area contributed by atoms with Gasteiger partial charge in [0.2, 0.25) is 11.8 Å². The van der Waals surface area contributed by atoms with E-state index in [0.717, 1.165) is 12.1 Å². The molecule has 0 heterocycles. The largest absolute Gasteiger partial charge is 0.495 e. The average Bonchev–Trinajstić information content (AvgIpc) is 2.58. The highest BCUT2D eigenvalue weighted by Crippen LogP contribution is 2.28. The number of ether oxygens (including phenoxy) is 1. The van der Waals surface area contributed by atoms with Gasteiger partial charge in [0.25, 0.3) is 0 Å². The molecule has 0 spiro atoms. The Labute approximate surface area is 154 Å². The van der Waals surface area contributed by atoms with E-state index in [2.05, 4.69) is 10.6 Å². The van der Waals surface area contributed by atoms with Crippen LogP contribution in [0, 0.1) is 17.0 Å². The molecule has 0 aliphatic carbocycles. The van der Waals surface area contributed by atoms with Gasteiger partial charge in [-0.25, -0.2) is 8.78 Å². The van der Waals surface area contributed by atoms with E-state index in [-0.39, 0.29) is 5.69 Å². The summed E-state index contributed by atoms with van der Waals surface area (Å²) in [4.78, 5) is 24.9. The van der Waals surface area contributed by atoms with Crippen molar-refractivity contribution in [3.63, 3.8) is 0 Å². The van der Waals surface area contributed by atoms with E-state index in [1.165, 1.54) is 33.1 Å². The summed E-state index contributed by atoms with van der Waals surface area (Å²) >= 11 is 6.00. The van der Waals surface area contributed by atoms with Gasteiger partial charge in [0.05, 0.1) is 12.1 Å². The van der Waals surface area contributed by atoms with Gasteiger partial charge in [-0.3, -0.25) is 9.59 Å². The molecule has 8 heteroatoms. The highest BCUT2D eigenvalue weighted by atomic mass is 35.5. The van der Waals surface area contributed by atoms with Gasteiger partial charge in [-0.15, -0.1) is 0 Å². The summed E-state index contributed by atoms with van der Waals surface area (Å²) < 4.78 is 31.2. The number of rotatable bonds is 5. The first kappa shape index (κ1) is 19.7. The number of carbonyl (C=O) groups excluding carboxylic acids is 2. The molecule has 0 unspecified atom stereocenters. The van der Waals surface area contributed by atoms with Crippen LogP contribution in [0.1, 0.15) is 13.8 Å². The van der Waals surface area contributed by atoms with Crippen molar-refractivity contribution in [3.8, 4) is 5.75 Å². The number of hydrogen-bond donors (Lipinski definition) is 2.